The lowest BCUT2D eigenvalue weighted by Gasteiger charge is -2.12. The fraction of sp³-hybridized carbons (Fsp3) is 0.115. The molecule has 33 heavy (non-hydrogen) atoms. The minimum Gasteiger partial charge on any atom is -0.399 e. The zero-order valence-electron chi connectivity index (χ0n) is 18.5. The van der Waals surface area contributed by atoms with E-state index in [9.17, 15) is 0 Å². The summed E-state index contributed by atoms with van der Waals surface area (Å²) in [6.45, 7) is 4.36. The van der Waals surface area contributed by atoms with E-state index in [2.05, 4.69) is 41.6 Å². The van der Waals surface area contributed by atoms with Crippen molar-refractivity contribution in [1.82, 2.24) is 19.5 Å². The molecule has 0 aliphatic rings. The summed E-state index contributed by atoms with van der Waals surface area (Å²) >= 11 is 0. The molecule has 5 aromatic rings. The van der Waals surface area contributed by atoms with Crippen LogP contribution >= 0.6 is 0 Å². The summed E-state index contributed by atoms with van der Waals surface area (Å²) in [6, 6.07) is 25.9. The van der Waals surface area contributed by atoms with Crippen LogP contribution in [-0.4, -0.2) is 19.5 Å². The number of anilines is 5. The number of nitrogens with zero attached hydrogens (tertiary/aromatic N) is 4. The number of nitrogens with two attached hydrogens (primary N) is 1. The second-order valence-electron chi connectivity index (χ2n) is 8.16. The van der Waals surface area contributed by atoms with E-state index in [-0.39, 0.29) is 0 Å². The van der Waals surface area contributed by atoms with Crippen molar-refractivity contribution in [2.24, 2.45) is 0 Å². The summed E-state index contributed by atoms with van der Waals surface area (Å²) in [6.07, 6.45) is 1.73. The number of para-hydroxylation sites is 1. The molecule has 2 aromatic heterocycles. The number of nitrogens with one attached hydrogen (secondary N) is 2. The van der Waals surface area contributed by atoms with E-state index in [0.717, 1.165) is 17.1 Å². The van der Waals surface area contributed by atoms with Gasteiger partial charge < -0.3 is 16.4 Å². The molecule has 3 aromatic carbocycles. The quantitative estimate of drug-likeness (QED) is 0.283. The molecule has 0 saturated carbocycles. The zero-order chi connectivity index (χ0) is 22.8. The molecule has 2 heterocycles. The fourth-order valence-electron chi connectivity index (χ4n) is 3.66. The molecule has 0 aliphatic heterocycles. The maximum absolute atomic E-state index is 6.08. The summed E-state index contributed by atoms with van der Waals surface area (Å²) in [5.74, 6) is 1.61. The number of rotatable bonds is 6. The van der Waals surface area contributed by atoms with Crippen molar-refractivity contribution >= 4 is 40.1 Å². The number of aromatic nitrogens is 4. The minimum absolute atomic E-state index is 0.481. The molecular weight excluding hydrogens is 410 g/mol. The molecule has 0 saturated heterocycles. The maximum atomic E-state index is 6.08. The van der Waals surface area contributed by atoms with Crippen LogP contribution in [-0.2, 0) is 0 Å². The predicted octanol–water partition coefficient (Wildman–Crippen LogP) is 6.01. The molecule has 7 nitrogen and oxygen atoms in total. The van der Waals surface area contributed by atoms with E-state index in [4.69, 9.17) is 15.7 Å². The monoisotopic (exact) mass is 435 g/mol. The van der Waals surface area contributed by atoms with Gasteiger partial charge >= 0.3 is 0 Å². The normalized spacial score (nSPS) is 11.1. The molecule has 0 spiro atoms. The van der Waals surface area contributed by atoms with Crippen LogP contribution in [0, 0.1) is 0 Å². The molecule has 7 heteroatoms. The molecule has 4 N–H and O–H groups in total. The van der Waals surface area contributed by atoms with Gasteiger partial charge in [-0.15, -0.1) is 0 Å². The Morgan fingerprint density at radius 2 is 1.58 bits per heavy atom. The number of imidazole rings is 1. The van der Waals surface area contributed by atoms with Crippen LogP contribution in [0.15, 0.2) is 85.1 Å². The lowest BCUT2D eigenvalue weighted by atomic mass is 10.0. The van der Waals surface area contributed by atoms with Crippen LogP contribution in [0.4, 0.5) is 29.0 Å². The van der Waals surface area contributed by atoms with Gasteiger partial charge in [0, 0.05) is 17.1 Å². The maximum Gasteiger partial charge on any atom is 0.229 e. The second-order valence-corrected chi connectivity index (χ2v) is 8.16. The van der Waals surface area contributed by atoms with Crippen molar-refractivity contribution in [2.75, 3.05) is 16.4 Å². The van der Waals surface area contributed by atoms with Crippen LogP contribution in [0.1, 0.15) is 25.3 Å². The third-order valence-electron chi connectivity index (χ3n) is 5.39. The first-order valence-corrected chi connectivity index (χ1v) is 10.9. The topological polar surface area (TPSA) is 93.7 Å². The van der Waals surface area contributed by atoms with Gasteiger partial charge in [0.1, 0.15) is 5.52 Å². The Bertz CT molecular complexity index is 1390. The van der Waals surface area contributed by atoms with Crippen LogP contribution < -0.4 is 16.4 Å². The molecule has 0 bridgehead atoms. The Morgan fingerprint density at radius 1 is 0.818 bits per heavy atom. The number of hydrogen-bond donors (Lipinski definition) is 3. The van der Waals surface area contributed by atoms with E-state index in [1.54, 1.807) is 6.20 Å². The van der Waals surface area contributed by atoms with Crippen molar-refractivity contribution < 1.29 is 0 Å². The van der Waals surface area contributed by atoms with Gasteiger partial charge in [0.25, 0.3) is 0 Å². The number of benzene rings is 3. The van der Waals surface area contributed by atoms with Gasteiger partial charge in [-0.05, 0) is 53.9 Å². The summed E-state index contributed by atoms with van der Waals surface area (Å²) in [4.78, 5) is 14.0. The van der Waals surface area contributed by atoms with Crippen LogP contribution in [0.2, 0.25) is 0 Å². The van der Waals surface area contributed by atoms with Gasteiger partial charge in [-0.1, -0.05) is 50.2 Å². The summed E-state index contributed by atoms with van der Waals surface area (Å²) in [5, 5.41) is 6.69. The molecule has 0 unspecified atom stereocenters. The van der Waals surface area contributed by atoms with E-state index >= 15 is 0 Å². The number of hydrogen-bond acceptors (Lipinski definition) is 6. The highest BCUT2D eigenvalue weighted by atomic mass is 15.3. The Balaban J connectivity index is 1.57. The third-order valence-corrected chi connectivity index (χ3v) is 5.39. The van der Waals surface area contributed by atoms with Gasteiger partial charge in [0.05, 0.1) is 11.9 Å². The molecule has 0 aliphatic carbocycles. The van der Waals surface area contributed by atoms with Crippen LogP contribution in [0.25, 0.3) is 16.9 Å². The molecule has 0 amide bonds. The van der Waals surface area contributed by atoms with Crippen molar-refractivity contribution in [3.63, 3.8) is 0 Å². The highest BCUT2D eigenvalue weighted by Gasteiger charge is 2.16. The van der Waals surface area contributed by atoms with Gasteiger partial charge in [0.15, 0.2) is 5.65 Å². The van der Waals surface area contributed by atoms with E-state index in [1.165, 1.54) is 5.56 Å². The molecule has 0 fully saturated rings. The SMILES string of the molecule is CC(C)c1ccc(Nc2ncc3nc(Nc4ccccc4)n(-c4cccc(N)c4)c3n2)cc1. The molecular formula is C26H25N7. The highest BCUT2D eigenvalue weighted by molar-refractivity contribution is 5.80. The van der Waals surface area contributed by atoms with Gasteiger partial charge in [-0.25, -0.2) is 9.97 Å². The Labute approximate surface area is 192 Å². The van der Waals surface area contributed by atoms with E-state index in [1.807, 2.05) is 71.3 Å². The first-order chi connectivity index (χ1) is 16.1. The van der Waals surface area contributed by atoms with Crippen molar-refractivity contribution in [3.05, 3.63) is 90.6 Å². The number of nitrogen functional groups attached to an aromatic ring is 1. The summed E-state index contributed by atoms with van der Waals surface area (Å²) in [7, 11) is 0. The lowest BCUT2D eigenvalue weighted by molar-refractivity contribution is 0.867. The van der Waals surface area contributed by atoms with Gasteiger partial charge in [-0.3, -0.25) is 4.57 Å². The van der Waals surface area contributed by atoms with Crippen LogP contribution in [0.3, 0.4) is 0 Å². The number of fused-ring (bicyclic) bond motifs is 1. The minimum atomic E-state index is 0.481. The zero-order valence-corrected chi connectivity index (χ0v) is 18.5. The van der Waals surface area contributed by atoms with Crippen molar-refractivity contribution in [2.45, 2.75) is 19.8 Å². The van der Waals surface area contributed by atoms with Crippen molar-refractivity contribution in [1.29, 1.82) is 0 Å². The molecule has 164 valence electrons. The largest absolute Gasteiger partial charge is 0.399 e. The highest BCUT2D eigenvalue weighted by Crippen LogP contribution is 2.28. The first kappa shape index (κ1) is 20.5. The summed E-state index contributed by atoms with van der Waals surface area (Å²) < 4.78 is 1.95. The lowest BCUT2D eigenvalue weighted by Crippen LogP contribution is -2.04. The predicted molar refractivity (Wildman–Crippen MR) is 135 cm³/mol. The second kappa shape index (κ2) is 8.63. The van der Waals surface area contributed by atoms with E-state index in [0.29, 0.717) is 34.7 Å². The van der Waals surface area contributed by atoms with Crippen LogP contribution in [0.5, 0.6) is 0 Å². The Morgan fingerprint density at radius 3 is 2.30 bits per heavy atom. The Kier molecular flexibility index (Phi) is 5.36. The standard InChI is InChI=1S/C26H25N7/c1-17(2)18-11-13-21(14-12-18)29-25-28-16-23-24(32-25)33(22-10-6-7-19(27)15-22)26(31-23)30-20-8-4-3-5-9-20/h3-17H,27H2,1-2H3,(H,30,31)(H,28,29,32). The molecule has 0 radical (unpaired) electrons. The summed E-state index contributed by atoms with van der Waals surface area (Å²) in [5.41, 5.74) is 12.1. The molecule has 5 rings (SSSR count). The smallest absolute Gasteiger partial charge is 0.229 e. The molecule has 0 atom stereocenters. The third kappa shape index (κ3) is 4.34. The van der Waals surface area contributed by atoms with Gasteiger partial charge in [-0.2, -0.15) is 4.98 Å². The van der Waals surface area contributed by atoms with E-state index < -0.39 is 0 Å². The van der Waals surface area contributed by atoms with Crippen molar-refractivity contribution in [3.8, 4) is 5.69 Å². The first-order valence-electron chi connectivity index (χ1n) is 10.9. The fourth-order valence-corrected chi connectivity index (χ4v) is 3.66. The average molecular weight is 436 g/mol. The Hall–Kier alpha value is -4.39. The average Bonchev–Trinajstić information content (AvgIpc) is 3.17. The van der Waals surface area contributed by atoms with Gasteiger partial charge in [0.2, 0.25) is 11.9 Å².